The van der Waals surface area contributed by atoms with Gasteiger partial charge in [-0.2, -0.15) is 13.7 Å². The van der Waals surface area contributed by atoms with Crippen LogP contribution in [0, 0.1) is 11.3 Å². The number of nitriles is 1. The summed E-state index contributed by atoms with van der Waals surface area (Å²) in [5, 5.41) is 18.6. The smallest absolute Gasteiger partial charge is 0.296 e. The molecule has 1 heterocycles. The molecule has 6 nitrogen and oxygen atoms in total. The molecule has 0 unspecified atom stereocenters. The lowest BCUT2D eigenvalue weighted by atomic mass is 10.3. The molecule has 0 radical (unpaired) electrons. The van der Waals surface area contributed by atoms with Crippen molar-refractivity contribution in [3.8, 4) is 6.07 Å². The number of nitrogens with two attached hydrogens (primary N) is 1. The van der Waals surface area contributed by atoms with Crippen LogP contribution in [0.25, 0.3) is 0 Å². The third-order valence-electron chi connectivity index (χ3n) is 2.37. The van der Waals surface area contributed by atoms with Gasteiger partial charge in [0, 0.05) is 22.5 Å². The van der Waals surface area contributed by atoms with Crippen molar-refractivity contribution < 1.29 is 8.42 Å². The molecule has 2 aromatic rings. The first-order valence-corrected chi connectivity index (χ1v) is 8.01. The second kappa shape index (κ2) is 5.92. The van der Waals surface area contributed by atoms with E-state index in [-0.39, 0.29) is 0 Å². The van der Waals surface area contributed by atoms with E-state index in [4.69, 9.17) is 10.4 Å². The third-order valence-corrected chi connectivity index (χ3v) is 3.83. The summed E-state index contributed by atoms with van der Waals surface area (Å²) in [5.74, 6) is 0. The molecule has 20 heavy (non-hydrogen) atoms. The first-order valence-electron chi connectivity index (χ1n) is 5.58. The number of anilines is 2. The Kier molecular flexibility index (Phi) is 4.24. The molecule has 2 rings (SSSR count). The van der Waals surface area contributed by atoms with Crippen LogP contribution in [0.1, 0.15) is 10.4 Å². The monoisotopic (exact) mass is 308 g/mol. The Hall–Kier alpha value is -2.08. The highest BCUT2D eigenvalue weighted by Gasteiger charge is 2.03. The number of thiophene rings is 1. The van der Waals surface area contributed by atoms with Crippen LogP contribution in [0.3, 0.4) is 0 Å². The zero-order chi connectivity index (χ0) is 14.6. The summed E-state index contributed by atoms with van der Waals surface area (Å²) in [6.07, 6.45) is 0. The Morgan fingerprint density at radius 2 is 2.05 bits per heavy atom. The maximum atomic E-state index is 10.9. The Bertz CT molecular complexity index is 747. The molecule has 1 aromatic carbocycles. The second-order valence-electron chi connectivity index (χ2n) is 3.99. The van der Waals surface area contributed by atoms with Crippen LogP contribution in [0.15, 0.2) is 35.7 Å². The minimum atomic E-state index is -3.77. The lowest BCUT2D eigenvalue weighted by Crippen LogP contribution is -2.21. The average Bonchev–Trinajstić information content (AvgIpc) is 2.83. The number of benzene rings is 1. The van der Waals surface area contributed by atoms with Gasteiger partial charge in [-0.3, -0.25) is 4.72 Å². The molecule has 0 aliphatic carbocycles. The second-order valence-corrected chi connectivity index (χ2v) is 6.28. The quantitative estimate of drug-likeness (QED) is 0.783. The van der Waals surface area contributed by atoms with Crippen molar-refractivity contribution in [1.29, 1.82) is 5.26 Å². The van der Waals surface area contributed by atoms with Crippen molar-refractivity contribution in [1.82, 2.24) is 0 Å². The topological polar surface area (TPSA) is 108 Å². The van der Waals surface area contributed by atoms with Crippen molar-refractivity contribution in [3.63, 3.8) is 0 Å². The minimum Gasteiger partial charge on any atom is -0.380 e. The van der Waals surface area contributed by atoms with Crippen LogP contribution in [0.5, 0.6) is 0 Å². The van der Waals surface area contributed by atoms with E-state index in [0.717, 1.165) is 10.6 Å². The zero-order valence-corrected chi connectivity index (χ0v) is 12.0. The molecular formula is C12H12N4O2S2. The highest BCUT2D eigenvalue weighted by atomic mass is 32.2. The number of nitrogens with one attached hydrogen (secondary N) is 2. The van der Waals surface area contributed by atoms with Gasteiger partial charge in [0.2, 0.25) is 0 Å². The predicted octanol–water partition coefficient (Wildman–Crippen LogP) is 1.85. The summed E-state index contributed by atoms with van der Waals surface area (Å²) in [4.78, 5) is 1.02. The van der Waals surface area contributed by atoms with Crippen LogP contribution in [-0.4, -0.2) is 8.42 Å². The molecule has 104 valence electrons. The summed E-state index contributed by atoms with van der Waals surface area (Å²) >= 11 is 1.49. The molecule has 0 saturated carbocycles. The van der Waals surface area contributed by atoms with Gasteiger partial charge in [-0.05, 0) is 24.3 Å². The van der Waals surface area contributed by atoms with Gasteiger partial charge in [-0.15, -0.1) is 11.3 Å². The normalized spacial score (nSPS) is 10.8. The Morgan fingerprint density at radius 1 is 1.30 bits per heavy atom. The van der Waals surface area contributed by atoms with Gasteiger partial charge in [0.25, 0.3) is 10.2 Å². The molecule has 0 bridgehead atoms. The minimum absolute atomic E-state index is 0.390. The van der Waals surface area contributed by atoms with E-state index in [1.807, 2.05) is 12.1 Å². The van der Waals surface area contributed by atoms with Crippen molar-refractivity contribution in [2.45, 2.75) is 6.54 Å². The van der Waals surface area contributed by atoms with E-state index in [9.17, 15) is 8.42 Å². The van der Waals surface area contributed by atoms with Crippen LogP contribution < -0.4 is 15.2 Å². The molecule has 8 heteroatoms. The fourth-order valence-corrected chi connectivity index (χ4v) is 2.78. The van der Waals surface area contributed by atoms with Crippen LogP contribution >= 0.6 is 11.3 Å². The molecule has 1 aromatic heterocycles. The average molecular weight is 308 g/mol. The van der Waals surface area contributed by atoms with Gasteiger partial charge >= 0.3 is 0 Å². The third kappa shape index (κ3) is 4.24. The Balaban J connectivity index is 2.03. The molecule has 0 fully saturated rings. The number of nitrogens with zero attached hydrogens (tertiary/aromatic N) is 1. The van der Waals surface area contributed by atoms with Crippen molar-refractivity contribution in [3.05, 3.63) is 46.2 Å². The summed E-state index contributed by atoms with van der Waals surface area (Å²) < 4.78 is 24.1. The van der Waals surface area contributed by atoms with Gasteiger partial charge in [0.15, 0.2) is 0 Å². The lowest BCUT2D eigenvalue weighted by molar-refractivity contribution is 0.603. The largest absolute Gasteiger partial charge is 0.380 e. The fraction of sp³-hybridized carbons (Fsp3) is 0.0833. The first kappa shape index (κ1) is 14.3. The molecule has 0 atom stereocenters. The number of hydrogen-bond acceptors (Lipinski definition) is 5. The van der Waals surface area contributed by atoms with Gasteiger partial charge < -0.3 is 5.32 Å². The van der Waals surface area contributed by atoms with E-state index >= 15 is 0 Å². The van der Waals surface area contributed by atoms with Crippen LogP contribution in [-0.2, 0) is 16.8 Å². The number of rotatable bonds is 5. The molecule has 0 saturated heterocycles. The summed E-state index contributed by atoms with van der Waals surface area (Å²) in [6, 6.07) is 10.7. The van der Waals surface area contributed by atoms with E-state index in [1.54, 1.807) is 23.6 Å². The maximum Gasteiger partial charge on any atom is 0.296 e. The summed E-state index contributed by atoms with van der Waals surface area (Å²) in [7, 11) is -3.77. The Labute approximate surface area is 121 Å². The SMILES string of the molecule is N#Cc1csc(CNc2cccc(NS(N)(=O)=O)c2)c1. The Morgan fingerprint density at radius 3 is 2.70 bits per heavy atom. The van der Waals surface area contributed by atoms with E-state index in [1.165, 1.54) is 11.3 Å². The zero-order valence-electron chi connectivity index (χ0n) is 10.3. The molecule has 4 N–H and O–H groups in total. The van der Waals surface area contributed by atoms with Crippen molar-refractivity contribution in [2.24, 2.45) is 5.14 Å². The van der Waals surface area contributed by atoms with E-state index in [0.29, 0.717) is 17.8 Å². The summed E-state index contributed by atoms with van der Waals surface area (Å²) in [5.41, 5.74) is 1.78. The molecule has 0 aliphatic heterocycles. The van der Waals surface area contributed by atoms with Crippen molar-refractivity contribution in [2.75, 3.05) is 10.0 Å². The van der Waals surface area contributed by atoms with E-state index in [2.05, 4.69) is 16.1 Å². The molecular weight excluding hydrogens is 296 g/mol. The fourth-order valence-electron chi connectivity index (χ4n) is 1.58. The number of hydrogen-bond donors (Lipinski definition) is 3. The lowest BCUT2D eigenvalue weighted by Gasteiger charge is -2.08. The van der Waals surface area contributed by atoms with Crippen LogP contribution in [0.4, 0.5) is 11.4 Å². The van der Waals surface area contributed by atoms with Crippen molar-refractivity contribution >= 4 is 32.9 Å². The van der Waals surface area contributed by atoms with E-state index < -0.39 is 10.2 Å². The van der Waals surface area contributed by atoms with Gasteiger partial charge in [0.1, 0.15) is 6.07 Å². The maximum absolute atomic E-state index is 10.9. The molecule has 0 aliphatic rings. The highest BCUT2D eigenvalue weighted by molar-refractivity contribution is 7.90. The van der Waals surface area contributed by atoms with Crippen LogP contribution in [0.2, 0.25) is 0 Å². The van der Waals surface area contributed by atoms with Gasteiger partial charge in [-0.25, -0.2) is 5.14 Å². The molecule has 0 amide bonds. The summed E-state index contributed by atoms with van der Waals surface area (Å²) in [6.45, 7) is 0.561. The predicted molar refractivity (Wildman–Crippen MR) is 79.5 cm³/mol. The molecule has 0 spiro atoms. The standard InChI is InChI=1S/C12H12N4O2S2/c13-6-9-4-12(19-8-9)7-15-10-2-1-3-11(5-10)16-20(14,17)18/h1-5,8,15-16H,7H2,(H2,14,17,18). The van der Waals surface area contributed by atoms with Gasteiger partial charge in [0.05, 0.1) is 11.3 Å². The first-order chi connectivity index (χ1) is 9.46. The van der Waals surface area contributed by atoms with Gasteiger partial charge in [-0.1, -0.05) is 6.07 Å². The highest BCUT2D eigenvalue weighted by Crippen LogP contribution is 2.19.